The third-order valence-electron chi connectivity index (χ3n) is 5.47. The van der Waals surface area contributed by atoms with Crippen LogP contribution in [0.3, 0.4) is 0 Å². The summed E-state index contributed by atoms with van der Waals surface area (Å²) in [6, 6.07) is 20.2. The number of fused-ring (bicyclic) bond motifs is 1. The summed E-state index contributed by atoms with van der Waals surface area (Å²) >= 11 is 0. The maximum atomic E-state index is 12.4. The number of ether oxygens (including phenoxy) is 3. The van der Waals surface area contributed by atoms with Crippen molar-refractivity contribution in [3.05, 3.63) is 83.4 Å². The Kier molecular flexibility index (Phi) is 6.01. The van der Waals surface area contributed by atoms with Crippen molar-refractivity contribution in [1.29, 1.82) is 0 Å². The Morgan fingerprint density at radius 2 is 1.61 bits per heavy atom. The first-order valence-corrected chi connectivity index (χ1v) is 9.86. The Labute approximate surface area is 166 Å². The first-order chi connectivity index (χ1) is 13.7. The Bertz CT molecular complexity index is 815. The van der Waals surface area contributed by atoms with Crippen molar-refractivity contribution in [2.75, 3.05) is 6.61 Å². The van der Waals surface area contributed by atoms with E-state index in [-0.39, 0.29) is 30.0 Å². The van der Waals surface area contributed by atoms with Gasteiger partial charge in [0.1, 0.15) is 6.10 Å². The smallest absolute Gasteiger partial charge is 0.164 e. The number of allylic oxidation sites excluding steroid dienone is 1. The average molecular weight is 378 g/mol. The van der Waals surface area contributed by atoms with Crippen LogP contribution in [0.4, 0.5) is 0 Å². The van der Waals surface area contributed by atoms with Crippen LogP contribution in [0, 0.1) is 5.92 Å². The molecule has 1 aliphatic heterocycles. The molecule has 0 radical (unpaired) electrons. The largest absolute Gasteiger partial charge is 0.374 e. The zero-order chi connectivity index (χ0) is 19.3. The minimum Gasteiger partial charge on any atom is -0.374 e. The van der Waals surface area contributed by atoms with E-state index in [0.29, 0.717) is 26.2 Å². The van der Waals surface area contributed by atoms with Crippen molar-refractivity contribution in [3.63, 3.8) is 0 Å². The van der Waals surface area contributed by atoms with Crippen molar-refractivity contribution < 1.29 is 19.0 Å². The number of Topliss-reactive ketones (excluding diaryl/α,β-unsaturated/α-hetero) is 1. The van der Waals surface area contributed by atoms with Crippen molar-refractivity contribution in [2.24, 2.45) is 5.92 Å². The fourth-order valence-corrected chi connectivity index (χ4v) is 3.92. The van der Waals surface area contributed by atoms with Crippen molar-refractivity contribution in [2.45, 2.75) is 44.9 Å². The molecular formula is C24H26O4. The second-order valence-electron chi connectivity index (χ2n) is 7.53. The van der Waals surface area contributed by atoms with Crippen LogP contribution in [0.1, 0.15) is 24.5 Å². The first kappa shape index (κ1) is 19.1. The molecule has 0 N–H and O–H groups in total. The molecule has 2 aromatic carbocycles. The highest BCUT2D eigenvalue weighted by atomic mass is 16.6. The number of benzene rings is 2. The predicted octanol–water partition coefficient (Wildman–Crippen LogP) is 4.09. The number of hydrogen-bond acceptors (Lipinski definition) is 4. The lowest BCUT2D eigenvalue weighted by molar-refractivity contribution is -0.174. The fourth-order valence-electron chi connectivity index (χ4n) is 3.92. The predicted molar refractivity (Wildman–Crippen MR) is 107 cm³/mol. The molecule has 1 heterocycles. The summed E-state index contributed by atoms with van der Waals surface area (Å²) in [5, 5.41) is 0. The molecule has 146 valence electrons. The van der Waals surface area contributed by atoms with Gasteiger partial charge in [-0.3, -0.25) is 4.79 Å². The highest BCUT2D eigenvalue weighted by molar-refractivity contribution is 5.99. The van der Waals surface area contributed by atoms with E-state index in [1.807, 2.05) is 73.7 Å². The number of ketones is 1. The summed E-state index contributed by atoms with van der Waals surface area (Å²) in [5.41, 5.74) is 3.04. The second-order valence-corrected chi connectivity index (χ2v) is 7.53. The Morgan fingerprint density at radius 1 is 0.964 bits per heavy atom. The molecule has 0 spiro atoms. The van der Waals surface area contributed by atoms with Crippen molar-refractivity contribution >= 4 is 5.78 Å². The summed E-state index contributed by atoms with van der Waals surface area (Å²) in [6.45, 7) is 3.35. The van der Waals surface area contributed by atoms with Gasteiger partial charge in [-0.2, -0.15) is 0 Å². The Balaban J connectivity index is 1.40. The lowest BCUT2D eigenvalue weighted by Crippen LogP contribution is -2.47. The van der Waals surface area contributed by atoms with E-state index in [9.17, 15) is 4.79 Å². The average Bonchev–Trinajstić information content (AvgIpc) is 3.01. The molecule has 4 rings (SSSR count). The molecule has 0 saturated carbocycles. The van der Waals surface area contributed by atoms with E-state index >= 15 is 0 Å². The maximum absolute atomic E-state index is 12.4. The maximum Gasteiger partial charge on any atom is 0.164 e. The topological polar surface area (TPSA) is 44.8 Å². The van der Waals surface area contributed by atoms with Gasteiger partial charge in [0, 0.05) is 0 Å². The molecule has 0 amide bonds. The van der Waals surface area contributed by atoms with Gasteiger partial charge in [-0.1, -0.05) is 60.7 Å². The van der Waals surface area contributed by atoms with Crippen LogP contribution in [0.25, 0.3) is 0 Å². The highest BCUT2D eigenvalue weighted by Crippen LogP contribution is 2.36. The van der Waals surface area contributed by atoms with Crippen LogP contribution in [0.5, 0.6) is 0 Å². The third-order valence-corrected chi connectivity index (χ3v) is 5.47. The van der Waals surface area contributed by atoms with Crippen molar-refractivity contribution in [1.82, 2.24) is 0 Å². The van der Waals surface area contributed by atoms with Crippen LogP contribution in [0.2, 0.25) is 0 Å². The lowest BCUT2D eigenvalue weighted by atomic mass is 9.89. The molecule has 0 unspecified atom stereocenters. The van der Waals surface area contributed by atoms with Gasteiger partial charge < -0.3 is 14.2 Å². The molecule has 1 saturated heterocycles. The van der Waals surface area contributed by atoms with Crippen LogP contribution in [-0.4, -0.2) is 30.7 Å². The summed E-state index contributed by atoms with van der Waals surface area (Å²) in [7, 11) is 0. The first-order valence-electron chi connectivity index (χ1n) is 9.86. The Hall–Kier alpha value is -2.27. The molecule has 1 aliphatic carbocycles. The number of carbonyl (C=O) groups is 1. The molecular weight excluding hydrogens is 352 g/mol. The number of rotatable bonds is 7. The zero-order valence-electron chi connectivity index (χ0n) is 16.1. The third kappa shape index (κ3) is 4.41. The van der Waals surface area contributed by atoms with Gasteiger partial charge in [0.05, 0.1) is 37.9 Å². The minimum atomic E-state index is -0.191. The summed E-state index contributed by atoms with van der Waals surface area (Å²) in [5.74, 6) is 0.0492. The SMILES string of the molecule is CC1=C[C@H]2O[C@H](COCc3ccccc3)[C@@H](OCc3ccccc3)C[C@H]2C1=O. The molecule has 4 atom stereocenters. The van der Waals surface area contributed by atoms with E-state index in [4.69, 9.17) is 14.2 Å². The standard InChI is InChI=1S/C24H26O4/c1-17-12-21-20(24(17)25)13-22(27-15-19-10-6-3-7-11-19)23(28-21)16-26-14-18-8-4-2-5-9-18/h2-12,20-23H,13-16H2,1H3/t20-,21-,22+,23-/m1/s1. The molecule has 4 nitrogen and oxygen atoms in total. The molecule has 0 bridgehead atoms. The van der Waals surface area contributed by atoms with Gasteiger partial charge >= 0.3 is 0 Å². The zero-order valence-corrected chi connectivity index (χ0v) is 16.1. The van der Waals surface area contributed by atoms with E-state index in [1.165, 1.54) is 0 Å². The van der Waals surface area contributed by atoms with Gasteiger partial charge in [-0.25, -0.2) is 0 Å². The minimum absolute atomic E-state index is 0.133. The summed E-state index contributed by atoms with van der Waals surface area (Å²) in [6.07, 6.45) is 2.10. The van der Waals surface area contributed by atoms with Crippen LogP contribution < -0.4 is 0 Å². The summed E-state index contributed by atoms with van der Waals surface area (Å²) < 4.78 is 18.4. The fraction of sp³-hybridized carbons (Fsp3) is 0.375. The van der Waals surface area contributed by atoms with Crippen LogP contribution in [-0.2, 0) is 32.2 Å². The molecule has 2 aromatic rings. The highest BCUT2D eigenvalue weighted by Gasteiger charge is 2.44. The van der Waals surface area contributed by atoms with Crippen molar-refractivity contribution in [3.8, 4) is 0 Å². The summed E-state index contributed by atoms with van der Waals surface area (Å²) in [4.78, 5) is 12.4. The molecule has 4 heteroatoms. The van der Waals surface area contributed by atoms with Gasteiger partial charge in [0.25, 0.3) is 0 Å². The van der Waals surface area contributed by atoms with E-state index in [2.05, 4.69) is 0 Å². The lowest BCUT2D eigenvalue weighted by Gasteiger charge is -2.37. The normalized spacial score (nSPS) is 26.8. The number of hydrogen-bond donors (Lipinski definition) is 0. The van der Waals surface area contributed by atoms with Crippen LogP contribution >= 0.6 is 0 Å². The second kappa shape index (κ2) is 8.82. The van der Waals surface area contributed by atoms with Gasteiger partial charge in [-0.15, -0.1) is 0 Å². The van der Waals surface area contributed by atoms with E-state index in [0.717, 1.165) is 16.7 Å². The van der Waals surface area contributed by atoms with E-state index < -0.39 is 0 Å². The monoisotopic (exact) mass is 378 g/mol. The van der Waals surface area contributed by atoms with Gasteiger partial charge in [0.15, 0.2) is 5.78 Å². The quantitative estimate of drug-likeness (QED) is 0.728. The Morgan fingerprint density at radius 3 is 2.29 bits per heavy atom. The van der Waals surface area contributed by atoms with Gasteiger partial charge in [-0.05, 0) is 36.1 Å². The molecule has 0 aromatic heterocycles. The molecule has 1 fully saturated rings. The number of carbonyl (C=O) groups excluding carboxylic acids is 1. The molecule has 28 heavy (non-hydrogen) atoms. The molecule has 2 aliphatic rings. The van der Waals surface area contributed by atoms with E-state index in [1.54, 1.807) is 0 Å². The van der Waals surface area contributed by atoms with Crippen LogP contribution in [0.15, 0.2) is 72.3 Å². The van der Waals surface area contributed by atoms with Gasteiger partial charge in [0.2, 0.25) is 0 Å².